The Morgan fingerprint density at radius 2 is 1.22 bits per heavy atom. The Kier molecular flexibility index (Phi) is 10.6. The Balaban J connectivity index is 0.000000159. The summed E-state index contributed by atoms with van der Waals surface area (Å²) in [6, 6.07) is 28.0. The molecule has 51 heavy (non-hydrogen) atoms. The summed E-state index contributed by atoms with van der Waals surface area (Å²) in [7, 11) is 4.10. The van der Waals surface area contributed by atoms with Crippen molar-refractivity contribution < 1.29 is 8.78 Å². The van der Waals surface area contributed by atoms with Crippen molar-refractivity contribution in [2.24, 2.45) is 0 Å². The second kappa shape index (κ2) is 15.4. The van der Waals surface area contributed by atoms with Crippen LogP contribution in [0, 0.1) is 11.6 Å². The zero-order valence-electron chi connectivity index (χ0n) is 28.0. The van der Waals surface area contributed by atoms with Crippen LogP contribution in [0.4, 0.5) is 14.5 Å². The van der Waals surface area contributed by atoms with Crippen LogP contribution >= 0.6 is 31.9 Å². The number of anilines is 1. The average Bonchev–Trinajstić information content (AvgIpc) is 3.80. The van der Waals surface area contributed by atoms with E-state index in [1.54, 1.807) is 4.68 Å². The number of hydrogen-bond acceptors (Lipinski definition) is 9. The molecule has 2 atom stereocenters. The first-order valence-electron chi connectivity index (χ1n) is 16.4. The molecule has 262 valence electrons. The molecule has 0 aliphatic carbocycles. The predicted molar refractivity (Wildman–Crippen MR) is 196 cm³/mol. The highest BCUT2D eigenvalue weighted by Crippen LogP contribution is 2.34. The number of halogens is 4. The second-order valence-electron chi connectivity index (χ2n) is 12.7. The van der Waals surface area contributed by atoms with Gasteiger partial charge in [-0.15, -0.1) is 10.2 Å². The van der Waals surface area contributed by atoms with Gasteiger partial charge in [0.25, 0.3) is 0 Å². The lowest BCUT2D eigenvalue weighted by molar-refractivity contribution is 0.161. The van der Waals surface area contributed by atoms with E-state index >= 15 is 0 Å². The highest BCUT2D eigenvalue weighted by Gasteiger charge is 2.34. The number of rotatable bonds is 7. The third-order valence-corrected chi connectivity index (χ3v) is 10.1. The molecule has 2 aromatic heterocycles. The molecule has 0 bridgehead atoms. The first-order valence-corrected chi connectivity index (χ1v) is 18.0. The van der Waals surface area contributed by atoms with Crippen molar-refractivity contribution in [3.63, 3.8) is 0 Å². The minimum absolute atomic E-state index is 0.0499. The first kappa shape index (κ1) is 35.0. The normalized spacial score (nSPS) is 17.3. The Hall–Kier alpha value is -4.44. The Labute approximate surface area is 311 Å². The molecule has 2 unspecified atom stereocenters. The quantitative estimate of drug-likeness (QED) is 0.181. The van der Waals surface area contributed by atoms with Gasteiger partial charge in [0.05, 0.1) is 19.1 Å². The van der Waals surface area contributed by atoms with E-state index in [-0.39, 0.29) is 11.6 Å². The molecule has 15 heteroatoms. The van der Waals surface area contributed by atoms with Gasteiger partial charge in [-0.25, -0.2) is 18.1 Å². The number of fused-ring (bicyclic) bond motifs is 2. The molecule has 0 fully saturated rings. The van der Waals surface area contributed by atoms with Crippen LogP contribution in [0.25, 0.3) is 0 Å². The summed E-state index contributed by atoms with van der Waals surface area (Å²) in [6.07, 6.45) is 0. The number of hydrogen-bond donors (Lipinski definition) is 0. The van der Waals surface area contributed by atoms with Gasteiger partial charge < -0.3 is 4.90 Å². The maximum Gasteiger partial charge on any atom is 0.173 e. The highest BCUT2D eigenvalue weighted by molar-refractivity contribution is 9.10. The van der Waals surface area contributed by atoms with Gasteiger partial charge in [0.1, 0.15) is 17.7 Å². The number of nitrogens with zero attached hydrogens (tertiary/aromatic N) is 11. The molecule has 0 N–H and O–H groups in total. The highest BCUT2D eigenvalue weighted by atomic mass is 79.9. The standard InChI is InChI=1S/C19H21BrN6.C17H14BrF2N5/c1-24(2)17-8-6-15(7-9-17)18-19-21-22-23-26(19)11-10-25(18)13-14-4-3-5-16(20)12-14;18-12-3-1-2-11(8-12)10-24-6-7-25-17(21-22-23-25)16(24)14-9-13(19)4-5-15(14)20/h3-9,12,18H,10-11,13H2,1-2H3;1-5,8-9,16H,6-7,10H2. The Morgan fingerprint density at radius 1 is 0.667 bits per heavy atom. The zero-order valence-corrected chi connectivity index (χ0v) is 31.2. The van der Waals surface area contributed by atoms with Crippen LogP contribution in [-0.2, 0) is 26.2 Å². The molecular formula is C36H35Br2F2N11. The monoisotopic (exact) mass is 817 g/mol. The fraction of sp³-hybridized carbons (Fsp3) is 0.278. The van der Waals surface area contributed by atoms with Crippen LogP contribution in [-0.4, -0.2) is 77.4 Å². The summed E-state index contributed by atoms with van der Waals surface area (Å²) in [6.45, 7) is 4.38. The van der Waals surface area contributed by atoms with Crippen molar-refractivity contribution in [1.82, 2.24) is 50.2 Å². The van der Waals surface area contributed by atoms with E-state index in [9.17, 15) is 8.78 Å². The Bertz CT molecular complexity index is 2100. The summed E-state index contributed by atoms with van der Waals surface area (Å²) in [5, 5.41) is 24.1. The third kappa shape index (κ3) is 7.91. The maximum absolute atomic E-state index is 14.5. The van der Waals surface area contributed by atoms with Gasteiger partial charge in [-0.05, 0) is 92.1 Å². The summed E-state index contributed by atoms with van der Waals surface area (Å²) in [5.74, 6) is 0.472. The second-order valence-corrected chi connectivity index (χ2v) is 14.5. The van der Waals surface area contributed by atoms with Gasteiger partial charge in [0, 0.05) is 60.5 Å². The summed E-state index contributed by atoms with van der Waals surface area (Å²) in [5.41, 5.74) is 4.97. The van der Waals surface area contributed by atoms with E-state index in [0.717, 1.165) is 52.1 Å². The van der Waals surface area contributed by atoms with Crippen molar-refractivity contribution >= 4 is 37.5 Å². The molecule has 0 spiro atoms. The first-order chi connectivity index (χ1) is 24.7. The SMILES string of the molecule is CN(C)c1ccc(C2c3nnnn3CCN2Cc2cccc(Br)c2)cc1.Fc1ccc(F)c(C2c3nnnn3CCN2Cc2cccc(Br)c2)c1. The van der Waals surface area contributed by atoms with Gasteiger partial charge in [0.2, 0.25) is 0 Å². The maximum atomic E-state index is 14.5. The van der Waals surface area contributed by atoms with Gasteiger partial charge in [0.15, 0.2) is 11.6 Å². The van der Waals surface area contributed by atoms with Crippen LogP contribution in [0.2, 0.25) is 0 Å². The smallest absolute Gasteiger partial charge is 0.173 e. The van der Waals surface area contributed by atoms with Crippen LogP contribution in [0.15, 0.2) is 99.9 Å². The van der Waals surface area contributed by atoms with Crippen molar-refractivity contribution in [1.29, 1.82) is 0 Å². The number of tetrazole rings is 2. The molecule has 2 aliphatic rings. The van der Waals surface area contributed by atoms with Gasteiger partial charge >= 0.3 is 0 Å². The predicted octanol–water partition coefficient (Wildman–Crippen LogP) is 6.43. The Morgan fingerprint density at radius 3 is 1.76 bits per heavy atom. The van der Waals surface area contributed by atoms with E-state index in [2.05, 4.69) is 140 Å². The molecule has 11 nitrogen and oxygen atoms in total. The minimum Gasteiger partial charge on any atom is -0.378 e. The van der Waals surface area contributed by atoms with Crippen LogP contribution in [0.1, 0.15) is 46.0 Å². The lowest BCUT2D eigenvalue weighted by Crippen LogP contribution is -2.39. The third-order valence-electron chi connectivity index (χ3n) is 9.06. The van der Waals surface area contributed by atoms with E-state index in [0.29, 0.717) is 25.5 Å². The van der Waals surface area contributed by atoms with E-state index in [1.807, 2.05) is 28.9 Å². The van der Waals surface area contributed by atoms with Crippen molar-refractivity contribution in [2.45, 2.75) is 38.3 Å². The number of aromatic nitrogens is 8. The average molecular weight is 820 g/mol. The molecule has 4 heterocycles. The van der Waals surface area contributed by atoms with Crippen LogP contribution in [0.3, 0.4) is 0 Å². The molecule has 6 aromatic rings. The van der Waals surface area contributed by atoms with E-state index in [4.69, 9.17) is 0 Å². The van der Waals surface area contributed by atoms with Gasteiger partial charge in [-0.1, -0.05) is 68.3 Å². The van der Waals surface area contributed by atoms with Crippen molar-refractivity contribution in [3.05, 3.63) is 145 Å². The lowest BCUT2D eigenvalue weighted by Gasteiger charge is -2.35. The van der Waals surface area contributed by atoms with Crippen LogP contribution < -0.4 is 4.90 Å². The van der Waals surface area contributed by atoms with Gasteiger partial charge in [-0.3, -0.25) is 9.80 Å². The van der Waals surface area contributed by atoms with Crippen molar-refractivity contribution in [2.75, 3.05) is 32.1 Å². The fourth-order valence-corrected chi connectivity index (χ4v) is 7.51. The summed E-state index contributed by atoms with van der Waals surface area (Å²) in [4.78, 5) is 6.61. The van der Waals surface area contributed by atoms with E-state index < -0.39 is 17.7 Å². The fourth-order valence-electron chi connectivity index (χ4n) is 6.62. The van der Waals surface area contributed by atoms with Gasteiger partial charge in [-0.2, -0.15) is 0 Å². The molecule has 0 saturated heterocycles. The minimum atomic E-state index is -0.543. The zero-order chi connectivity index (χ0) is 35.5. The molecule has 2 aliphatic heterocycles. The molecule has 0 amide bonds. The van der Waals surface area contributed by atoms with Crippen LogP contribution in [0.5, 0.6) is 0 Å². The summed E-state index contributed by atoms with van der Waals surface area (Å²) < 4.78 is 33.9. The molecule has 0 saturated carbocycles. The lowest BCUT2D eigenvalue weighted by atomic mass is 10.0. The van der Waals surface area contributed by atoms with Crippen molar-refractivity contribution in [3.8, 4) is 0 Å². The molecule has 4 aromatic carbocycles. The molecular weight excluding hydrogens is 784 g/mol. The largest absolute Gasteiger partial charge is 0.378 e. The molecule has 8 rings (SSSR count). The molecule has 0 radical (unpaired) electrons. The topological polar surface area (TPSA) is 96.9 Å². The van der Waals surface area contributed by atoms with E-state index in [1.165, 1.54) is 22.9 Å². The summed E-state index contributed by atoms with van der Waals surface area (Å²) >= 11 is 7.03. The number of benzene rings is 4.